The molecule has 0 aromatic rings. The lowest BCUT2D eigenvalue weighted by Crippen LogP contribution is -2.44. The summed E-state index contributed by atoms with van der Waals surface area (Å²) in [5, 5.41) is 3.38. The van der Waals surface area contributed by atoms with Crippen molar-refractivity contribution < 1.29 is 0 Å². The number of nitrogens with one attached hydrogen (secondary N) is 1. The van der Waals surface area contributed by atoms with Crippen molar-refractivity contribution in [2.24, 2.45) is 5.92 Å². The Balaban J connectivity index is 2.18. The molecule has 0 aliphatic carbocycles. The molecular weight excluding hydrogens is 160 g/mol. The summed E-state index contributed by atoms with van der Waals surface area (Å²) in [6.45, 7) is 8.46. The molecule has 0 radical (unpaired) electrons. The summed E-state index contributed by atoms with van der Waals surface area (Å²) < 4.78 is 0. The van der Waals surface area contributed by atoms with Crippen molar-refractivity contribution in [1.82, 2.24) is 10.2 Å². The minimum Gasteiger partial charge on any atom is -0.316 e. The van der Waals surface area contributed by atoms with Gasteiger partial charge in [-0.05, 0) is 45.3 Å². The van der Waals surface area contributed by atoms with E-state index >= 15 is 0 Å². The van der Waals surface area contributed by atoms with Gasteiger partial charge in [-0.1, -0.05) is 13.8 Å². The van der Waals surface area contributed by atoms with E-state index in [4.69, 9.17) is 0 Å². The molecule has 78 valence electrons. The third-order valence-electron chi connectivity index (χ3n) is 2.94. The molecule has 1 atom stereocenters. The van der Waals surface area contributed by atoms with Gasteiger partial charge < -0.3 is 10.2 Å². The van der Waals surface area contributed by atoms with Crippen LogP contribution in [0.5, 0.6) is 0 Å². The summed E-state index contributed by atoms with van der Waals surface area (Å²) in [7, 11) is 2.08. The summed E-state index contributed by atoms with van der Waals surface area (Å²) in [5.74, 6) is 0.843. The Morgan fingerprint density at radius 2 is 2.23 bits per heavy atom. The fourth-order valence-electron chi connectivity index (χ4n) is 1.94. The van der Waals surface area contributed by atoms with E-state index in [0.717, 1.165) is 12.0 Å². The second kappa shape index (κ2) is 5.61. The first-order valence-electron chi connectivity index (χ1n) is 5.62. The molecule has 0 saturated carbocycles. The molecule has 1 aliphatic heterocycles. The molecule has 1 aliphatic rings. The van der Waals surface area contributed by atoms with E-state index in [0.29, 0.717) is 0 Å². The molecular formula is C11H24N2. The van der Waals surface area contributed by atoms with Crippen LogP contribution in [-0.4, -0.2) is 37.6 Å². The molecule has 1 N–H and O–H groups in total. The van der Waals surface area contributed by atoms with Crippen LogP contribution in [0.4, 0.5) is 0 Å². The molecule has 13 heavy (non-hydrogen) atoms. The van der Waals surface area contributed by atoms with Crippen molar-refractivity contribution in [2.45, 2.75) is 39.2 Å². The first kappa shape index (κ1) is 11.0. The molecule has 2 nitrogen and oxygen atoms in total. The maximum atomic E-state index is 3.38. The van der Waals surface area contributed by atoms with Gasteiger partial charge in [0.05, 0.1) is 0 Å². The zero-order chi connectivity index (χ0) is 9.68. The van der Waals surface area contributed by atoms with Gasteiger partial charge in [-0.15, -0.1) is 0 Å². The van der Waals surface area contributed by atoms with Crippen LogP contribution < -0.4 is 5.32 Å². The molecule has 0 unspecified atom stereocenters. The van der Waals surface area contributed by atoms with Gasteiger partial charge in [-0.3, -0.25) is 0 Å². The summed E-state index contributed by atoms with van der Waals surface area (Å²) >= 11 is 0. The van der Waals surface area contributed by atoms with Crippen LogP contribution in [0.25, 0.3) is 0 Å². The predicted molar refractivity (Wildman–Crippen MR) is 58.0 cm³/mol. The Kier molecular flexibility index (Phi) is 4.74. The first-order valence-corrected chi connectivity index (χ1v) is 5.62. The van der Waals surface area contributed by atoms with Crippen molar-refractivity contribution in [3.63, 3.8) is 0 Å². The highest BCUT2D eigenvalue weighted by Gasteiger charge is 2.17. The fraction of sp³-hybridized carbons (Fsp3) is 1.00. The molecule has 0 aromatic carbocycles. The van der Waals surface area contributed by atoms with Crippen LogP contribution in [0.15, 0.2) is 0 Å². The van der Waals surface area contributed by atoms with Crippen molar-refractivity contribution in [1.29, 1.82) is 0 Å². The number of piperidine rings is 1. The highest BCUT2D eigenvalue weighted by Crippen LogP contribution is 2.11. The average molecular weight is 184 g/mol. The van der Waals surface area contributed by atoms with E-state index in [1.807, 2.05) is 0 Å². The predicted octanol–water partition coefficient (Wildman–Crippen LogP) is 1.72. The Morgan fingerprint density at radius 3 is 2.85 bits per heavy atom. The maximum absolute atomic E-state index is 3.38. The average Bonchev–Trinajstić information content (AvgIpc) is 2.15. The van der Waals surface area contributed by atoms with Crippen molar-refractivity contribution >= 4 is 0 Å². The topological polar surface area (TPSA) is 15.3 Å². The zero-order valence-corrected chi connectivity index (χ0v) is 9.34. The van der Waals surface area contributed by atoms with Crippen molar-refractivity contribution in [3.8, 4) is 0 Å². The smallest absolute Gasteiger partial charge is 0.0192 e. The van der Waals surface area contributed by atoms with Gasteiger partial charge in [0.25, 0.3) is 0 Å². The van der Waals surface area contributed by atoms with Crippen molar-refractivity contribution in [2.75, 3.05) is 26.7 Å². The molecule has 0 spiro atoms. The first-order chi connectivity index (χ1) is 6.22. The molecule has 0 aromatic heterocycles. The number of hydrogen-bond acceptors (Lipinski definition) is 2. The quantitative estimate of drug-likeness (QED) is 0.715. The van der Waals surface area contributed by atoms with Gasteiger partial charge in [0.15, 0.2) is 0 Å². The highest BCUT2D eigenvalue weighted by atomic mass is 15.2. The van der Waals surface area contributed by atoms with Gasteiger partial charge in [0.2, 0.25) is 0 Å². The SMILES string of the molecule is CN[C@@H]1CCCN(CCC(C)C)C1. The summed E-state index contributed by atoms with van der Waals surface area (Å²) in [6.07, 6.45) is 4.06. The Hall–Kier alpha value is -0.0800. The van der Waals surface area contributed by atoms with E-state index in [2.05, 4.69) is 31.1 Å². The number of nitrogens with zero attached hydrogens (tertiary/aromatic N) is 1. The fourth-order valence-corrected chi connectivity index (χ4v) is 1.94. The van der Waals surface area contributed by atoms with E-state index < -0.39 is 0 Å². The normalized spacial score (nSPS) is 25.4. The summed E-state index contributed by atoms with van der Waals surface area (Å²) in [5.41, 5.74) is 0. The minimum atomic E-state index is 0.737. The standard InChI is InChI=1S/C11H24N2/c1-10(2)6-8-13-7-4-5-11(9-13)12-3/h10-12H,4-9H2,1-3H3/t11-/m1/s1. The number of likely N-dealkylation sites (N-methyl/N-ethyl adjacent to an activating group) is 1. The molecule has 1 rings (SSSR count). The summed E-state index contributed by atoms with van der Waals surface area (Å²) in [4.78, 5) is 2.60. The lowest BCUT2D eigenvalue weighted by atomic mass is 10.0. The number of likely N-dealkylation sites (tertiary alicyclic amines) is 1. The van der Waals surface area contributed by atoms with E-state index in [1.165, 1.54) is 38.9 Å². The highest BCUT2D eigenvalue weighted by molar-refractivity contribution is 4.76. The van der Waals surface area contributed by atoms with E-state index in [9.17, 15) is 0 Å². The molecule has 1 heterocycles. The monoisotopic (exact) mass is 184 g/mol. The third-order valence-corrected chi connectivity index (χ3v) is 2.94. The second-order valence-corrected chi connectivity index (χ2v) is 4.61. The minimum absolute atomic E-state index is 0.737. The Bertz CT molecular complexity index is 134. The van der Waals surface area contributed by atoms with Crippen LogP contribution in [-0.2, 0) is 0 Å². The molecule has 2 heteroatoms. The van der Waals surface area contributed by atoms with Crippen molar-refractivity contribution in [3.05, 3.63) is 0 Å². The second-order valence-electron chi connectivity index (χ2n) is 4.61. The van der Waals surface area contributed by atoms with Crippen LogP contribution in [0.1, 0.15) is 33.1 Å². The van der Waals surface area contributed by atoms with Gasteiger partial charge in [-0.25, -0.2) is 0 Å². The third kappa shape index (κ3) is 4.10. The summed E-state index contributed by atoms with van der Waals surface area (Å²) in [6, 6.07) is 0.737. The van der Waals surface area contributed by atoms with Crippen LogP contribution in [0.3, 0.4) is 0 Å². The van der Waals surface area contributed by atoms with E-state index in [-0.39, 0.29) is 0 Å². The largest absolute Gasteiger partial charge is 0.316 e. The van der Waals surface area contributed by atoms with E-state index in [1.54, 1.807) is 0 Å². The Labute approximate surface area is 82.7 Å². The van der Waals surface area contributed by atoms with Gasteiger partial charge in [0, 0.05) is 12.6 Å². The number of rotatable bonds is 4. The van der Waals surface area contributed by atoms with Gasteiger partial charge in [0.1, 0.15) is 0 Å². The Morgan fingerprint density at radius 1 is 1.46 bits per heavy atom. The number of hydrogen-bond donors (Lipinski definition) is 1. The van der Waals surface area contributed by atoms with Crippen LogP contribution in [0.2, 0.25) is 0 Å². The van der Waals surface area contributed by atoms with Gasteiger partial charge in [-0.2, -0.15) is 0 Å². The van der Waals surface area contributed by atoms with Crippen LogP contribution in [0, 0.1) is 5.92 Å². The lowest BCUT2D eigenvalue weighted by Gasteiger charge is -2.32. The molecule has 0 amide bonds. The molecule has 1 fully saturated rings. The lowest BCUT2D eigenvalue weighted by molar-refractivity contribution is 0.186. The zero-order valence-electron chi connectivity index (χ0n) is 9.34. The molecule has 1 saturated heterocycles. The van der Waals surface area contributed by atoms with Gasteiger partial charge >= 0.3 is 0 Å². The molecule has 0 bridgehead atoms. The maximum Gasteiger partial charge on any atom is 0.0192 e. The van der Waals surface area contributed by atoms with Crippen LogP contribution >= 0.6 is 0 Å².